The first-order valence-corrected chi connectivity index (χ1v) is 7.62. The van der Waals surface area contributed by atoms with Crippen molar-refractivity contribution in [3.8, 4) is 0 Å². The number of fused-ring (bicyclic) bond motifs is 2. The first-order chi connectivity index (χ1) is 11.5. The fraction of sp³-hybridized carbons (Fsp3) is 0.250. The molecule has 1 aromatic carbocycles. The number of nitrogens with zero attached hydrogens (tertiary/aromatic N) is 4. The summed E-state index contributed by atoms with van der Waals surface area (Å²) < 4.78 is 28.8. The Labute approximate surface area is 137 Å². The summed E-state index contributed by atoms with van der Waals surface area (Å²) in [7, 11) is 0. The number of aliphatic imine (C=N–C) groups is 1. The van der Waals surface area contributed by atoms with E-state index in [0.29, 0.717) is 30.3 Å². The number of hydrazine groups is 1. The van der Waals surface area contributed by atoms with Crippen molar-refractivity contribution in [2.45, 2.75) is 6.92 Å². The summed E-state index contributed by atoms with van der Waals surface area (Å²) >= 11 is 0. The van der Waals surface area contributed by atoms with Gasteiger partial charge in [-0.05, 0) is 18.1 Å². The topological polar surface area (TPSA) is 73.5 Å². The van der Waals surface area contributed by atoms with Crippen molar-refractivity contribution in [2.75, 3.05) is 13.1 Å². The largest absolute Gasteiger partial charge is 0.311 e. The molecule has 6 nitrogen and oxygen atoms in total. The average Bonchev–Trinajstić information content (AvgIpc) is 2.89. The van der Waals surface area contributed by atoms with Crippen LogP contribution >= 0.6 is 0 Å². The van der Waals surface area contributed by atoms with Crippen molar-refractivity contribution in [1.82, 2.24) is 20.1 Å². The number of nitrogens with one attached hydrogen (secondary N) is 1. The fourth-order valence-electron chi connectivity index (χ4n) is 3.09. The molecule has 4 rings (SSSR count). The van der Waals surface area contributed by atoms with E-state index in [0.717, 1.165) is 0 Å². The Kier molecular flexibility index (Phi) is 3.34. The lowest BCUT2D eigenvalue weighted by Gasteiger charge is -2.41. The van der Waals surface area contributed by atoms with Gasteiger partial charge < -0.3 is 4.90 Å². The van der Waals surface area contributed by atoms with E-state index in [1.54, 1.807) is 16.0 Å². The Morgan fingerprint density at radius 2 is 2.00 bits per heavy atom. The molecule has 0 saturated carbocycles. The number of halogens is 2. The van der Waals surface area contributed by atoms with E-state index in [9.17, 15) is 8.78 Å². The molecular weight excluding hydrogens is 314 g/mol. The molecule has 0 spiro atoms. The van der Waals surface area contributed by atoms with Crippen LogP contribution in [0.5, 0.6) is 0 Å². The minimum atomic E-state index is -0.665. The third kappa shape index (κ3) is 2.26. The van der Waals surface area contributed by atoms with E-state index in [1.165, 1.54) is 24.4 Å². The summed E-state index contributed by atoms with van der Waals surface area (Å²) in [5.41, 5.74) is 0.988. The van der Waals surface area contributed by atoms with Crippen molar-refractivity contribution < 1.29 is 8.78 Å². The van der Waals surface area contributed by atoms with Crippen LogP contribution in [0, 0.1) is 17.6 Å². The Bertz CT molecular complexity index is 836. The van der Waals surface area contributed by atoms with Crippen LogP contribution in [0.3, 0.4) is 0 Å². The molecule has 2 aliphatic heterocycles. The molecule has 0 bridgehead atoms. The minimum absolute atomic E-state index is 0.167. The van der Waals surface area contributed by atoms with Gasteiger partial charge >= 0.3 is 0 Å². The number of hydrogen-bond acceptors (Lipinski definition) is 5. The molecule has 8 heteroatoms. The van der Waals surface area contributed by atoms with E-state index >= 15 is 0 Å². The van der Waals surface area contributed by atoms with E-state index in [-0.39, 0.29) is 17.3 Å². The van der Waals surface area contributed by atoms with Crippen LogP contribution in [0.2, 0.25) is 0 Å². The molecule has 1 aromatic heterocycles. The standard InChI is InChI=1S/C16H16F2N6/c1-9-7-23-14(24(19)8-9)5-12-13(6-20-22-12)21-16(23)15-10(17)3-2-4-11(15)18/h2-6,9H,7-8,19H2,1H3,(H,20,22). The maximum absolute atomic E-state index is 14.4. The van der Waals surface area contributed by atoms with Crippen molar-refractivity contribution in [1.29, 1.82) is 0 Å². The van der Waals surface area contributed by atoms with Crippen LogP contribution in [0.1, 0.15) is 18.2 Å². The van der Waals surface area contributed by atoms with Gasteiger partial charge in [0.15, 0.2) is 0 Å². The summed E-state index contributed by atoms with van der Waals surface area (Å²) in [5.74, 6) is 5.83. The molecule has 2 aliphatic rings. The van der Waals surface area contributed by atoms with Crippen molar-refractivity contribution >= 4 is 17.6 Å². The van der Waals surface area contributed by atoms with Gasteiger partial charge in [0.1, 0.15) is 29.0 Å². The number of rotatable bonds is 1. The molecule has 1 unspecified atom stereocenters. The Morgan fingerprint density at radius 3 is 2.75 bits per heavy atom. The normalized spacial score (nSPS) is 20.1. The van der Waals surface area contributed by atoms with Gasteiger partial charge in [-0.3, -0.25) is 10.1 Å². The summed E-state index contributed by atoms with van der Waals surface area (Å²) in [6.45, 7) is 3.22. The van der Waals surface area contributed by atoms with E-state index in [1.807, 2.05) is 6.92 Å². The number of amidine groups is 1. The monoisotopic (exact) mass is 330 g/mol. The smallest absolute Gasteiger partial charge is 0.148 e. The van der Waals surface area contributed by atoms with Gasteiger partial charge in [-0.2, -0.15) is 5.10 Å². The Morgan fingerprint density at radius 1 is 1.25 bits per heavy atom. The van der Waals surface area contributed by atoms with Crippen LogP contribution < -0.4 is 5.84 Å². The van der Waals surface area contributed by atoms with Crippen molar-refractivity contribution in [3.05, 3.63) is 53.1 Å². The van der Waals surface area contributed by atoms with Gasteiger partial charge in [0, 0.05) is 19.2 Å². The van der Waals surface area contributed by atoms with E-state index in [2.05, 4.69) is 15.2 Å². The molecule has 1 fully saturated rings. The fourth-order valence-corrected chi connectivity index (χ4v) is 3.09. The lowest BCUT2D eigenvalue weighted by atomic mass is 10.1. The Hall–Kier alpha value is -2.74. The number of H-pyrrole nitrogens is 1. The zero-order valence-corrected chi connectivity index (χ0v) is 13.0. The van der Waals surface area contributed by atoms with Gasteiger partial charge in [-0.25, -0.2) is 19.6 Å². The highest BCUT2D eigenvalue weighted by atomic mass is 19.1. The highest BCUT2D eigenvalue weighted by Gasteiger charge is 2.33. The molecule has 0 radical (unpaired) electrons. The van der Waals surface area contributed by atoms with Crippen LogP contribution in [0.15, 0.2) is 35.2 Å². The second-order valence-corrected chi connectivity index (χ2v) is 6.07. The summed E-state index contributed by atoms with van der Waals surface area (Å²) in [4.78, 5) is 6.23. The molecule has 2 aromatic rings. The lowest BCUT2D eigenvalue weighted by molar-refractivity contribution is 0.173. The SMILES string of the molecule is CC1CN(N)C2=Cc3[nH]ncc3N=C(c3c(F)cccc3F)N2C1. The second kappa shape index (κ2) is 5.41. The first-order valence-electron chi connectivity index (χ1n) is 7.62. The zero-order chi connectivity index (χ0) is 16.8. The van der Waals surface area contributed by atoms with Crippen LogP contribution in [-0.2, 0) is 0 Å². The zero-order valence-electron chi connectivity index (χ0n) is 13.0. The molecule has 1 saturated heterocycles. The maximum atomic E-state index is 14.4. The summed E-state index contributed by atoms with van der Waals surface area (Å²) in [5, 5.41) is 8.36. The molecular formula is C16H16F2N6. The van der Waals surface area contributed by atoms with Gasteiger partial charge in [-0.15, -0.1) is 0 Å². The molecule has 1 atom stereocenters. The molecule has 0 aliphatic carbocycles. The predicted octanol–water partition coefficient (Wildman–Crippen LogP) is 2.21. The highest BCUT2D eigenvalue weighted by Crippen LogP contribution is 2.32. The second-order valence-electron chi connectivity index (χ2n) is 6.07. The molecule has 0 amide bonds. The summed E-state index contributed by atoms with van der Waals surface area (Å²) in [6, 6.07) is 3.78. The molecule has 3 N–H and O–H groups in total. The van der Waals surface area contributed by atoms with Crippen LogP contribution in [0.25, 0.3) is 6.08 Å². The number of benzene rings is 1. The first kappa shape index (κ1) is 14.8. The highest BCUT2D eigenvalue weighted by molar-refractivity contribution is 6.03. The van der Waals surface area contributed by atoms with Crippen molar-refractivity contribution in [3.63, 3.8) is 0 Å². The van der Waals surface area contributed by atoms with Crippen molar-refractivity contribution in [2.24, 2.45) is 16.8 Å². The van der Waals surface area contributed by atoms with E-state index in [4.69, 9.17) is 5.84 Å². The van der Waals surface area contributed by atoms with Gasteiger partial charge in [-0.1, -0.05) is 13.0 Å². The third-order valence-corrected chi connectivity index (χ3v) is 4.16. The number of aromatic nitrogens is 2. The maximum Gasteiger partial charge on any atom is 0.148 e. The molecule has 24 heavy (non-hydrogen) atoms. The minimum Gasteiger partial charge on any atom is -0.311 e. The number of aromatic amines is 1. The Balaban J connectivity index is 1.96. The number of hydrogen-bond donors (Lipinski definition) is 2. The average molecular weight is 330 g/mol. The van der Waals surface area contributed by atoms with Crippen LogP contribution in [0.4, 0.5) is 14.5 Å². The van der Waals surface area contributed by atoms with Gasteiger partial charge in [0.25, 0.3) is 0 Å². The third-order valence-electron chi connectivity index (χ3n) is 4.16. The predicted molar refractivity (Wildman–Crippen MR) is 85.9 cm³/mol. The van der Waals surface area contributed by atoms with Crippen LogP contribution in [-0.4, -0.2) is 39.0 Å². The summed E-state index contributed by atoms with van der Waals surface area (Å²) in [6.07, 6.45) is 3.32. The lowest BCUT2D eigenvalue weighted by Crippen LogP contribution is -2.52. The quantitative estimate of drug-likeness (QED) is 0.786. The molecule has 124 valence electrons. The molecule has 3 heterocycles. The van der Waals surface area contributed by atoms with Gasteiger partial charge in [0.2, 0.25) is 0 Å². The van der Waals surface area contributed by atoms with E-state index < -0.39 is 11.6 Å². The number of nitrogens with two attached hydrogens (primary N) is 1. The van der Waals surface area contributed by atoms with Gasteiger partial charge in [0.05, 0.1) is 17.5 Å².